The Kier molecular flexibility index (Phi) is 3.59. The zero-order valence-electron chi connectivity index (χ0n) is 9.46. The quantitative estimate of drug-likeness (QED) is 0.639. The molecular formula is C11H21N3O. The van der Waals surface area contributed by atoms with Gasteiger partial charge in [0.1, 0.15) is 0 Å². The summed E-state index contributed by atoms with van der Waals surface area (Å²) in [6, 6.07) is 0.523. The van der Waals surface area contributed by atoms with Crippen molar-refractivity contribution in [2.45, 2.75) is 38.3 Å². The molecular weight excluding hydrogens is 190 g/mol. The summed E-state index contributed by atoms with van der Waals surface area (Å²) in [6.07, 6.45) is 3.41. The summed E-state index contributed by atoms with van der Waals surface area (Å²) in [4.78, 5) is 14.1. The lowest BCUT2D eigenvalue weighted by Crippen LogP contribution is -2.56. The van der Waals surface area contributed by atoms with Crippen LogP contribution in [0.5, 0.6) is 0 Å². The Balaban J connectivity index is 1.88. The highest BCUT2D eigenvalue weighted by Crippen LogP contribution is 2.11. The Labute approximate surface area is 91.4 Å². The molecule has 0 aliphatic carbocycles. The number of hydrogen-bond acceptors (Lipinski definition) is 3. The number of carbonyl (C=O) groups is 1. The second-order valence-electron chi connectivity index (χ2n) is 4.64. The SMILES string of the molecule is C[C@H]1CN(C(=O)C2CCCCN2)CCN1. The second kappa shape index (κ2) is 4.94. The highest BCUT2D eigenvalue weighted by molar-refractivity contribution is 5.82. The number of nitrogens with zero attached hydrogens (tertiary/aromatic N) is 1. The molecule has 2 aliphatic rings. The van der Waals surface area contributed by atoms with Gasteiger partial charge in [-0.1, -0.05) is 6.42 Å². The minimum Gasteiger partial charge on any atom is -0.339 e. The van der Waals surface area contributed by atoms with E-state index in [-0.39, 0.29) is 6.04 Å². The van der Waals surface area contributed by atoms with Gasteiger partial charge >= 0.3 is 0 Å². The predicted molar refractivity (Wildman–Crippen MR) is 59.7 cm³/mol. The Morgan fingerprint density at radius 2 is 2.13 bits per heavy atom. The first kappa shape index (κ1) is 10.9. The van der Waals surface area contributed by atoms with Gasteiger partial charge in [0.2, 0.25) is 5.91 Å². The first-order valence-electron chi connectivity index (χ1n) is 6.03. The highest BCUT2D eigenvalue weighted by atomic mass is 16.2. The molecule has 0 aromatic carbocycles. The van der Waals surface area contributed by atoms with Crippen LogP contribution in [0.4, 0.5) is 0 Å². The zero-order chi connectivity index (χ0) is 10.7. The van der Waals surface area contributed by atoms with Gasteiger partial charge in [-0.2, -0.15) is 0 Å². The lowest BCUT2D eigenvalue weighted by atomic mass is 10.0. The number of piperidine rings is 1. The van der Waals surface area contributed by atoms with Gasteiger partial charge in [-0.3, -0.25) is 4.79 Å². The smallest absolute Gasteiger partial charge is 0.239 e. The van der Waals surface area contributed by atoms with Crippen LogP contribution in [0.25, 0.3) is 0 Å². The maximum absolute atomic E-state index is 12.1. The number of amides is 1. The van der Waals surface area contributed by atoms with Crippen LogP contribution < -0.4 is 10.6 Å². The van der Waals surface area contributed by atoms with E-state index in [0.717, 1.165) is 32.6 Å². The first-order chi connectivity index (χ1) is 7.27. The van der Waals surface area contributed by atoms with E-state index in [1.165, 1.54) is 12.8 Å². The molecule has 15 heavy (non-hydrogen) atoms. The van der Waals surface area contributed by atoms with Crippen LogP contribution in [0.2, 0.25) is 0 Å². The Hall–Kier alpha value is -0.610. The maximum Gasteiger partial charge on any atom is 0.239 e. The summed E-state index contributed by atoms with van der Waals surface area (Å²) in [7, 11) is 0. The molecule has 2 heterocycles. The molecule has 0 aromatic rings. The largest absolute Gasteiger partial charge is 0.339 e. The van der Waals surface area contributed by atoms with Gasteiger partial charge in [0.25, 0.3) is 0 Å². The number of rotatable bonds is 1. The molecule has 86 valence electrons. The number of nitrogens with one attached hydrogen (secondary N) is 2. The monoisotopic (exact) mass is 211 g/mol. The highest BCUT2D eigenvalue weighted by Gasteiger charge is 2.27. The van der Waals surface area contributed by atoms with Crippen LogP contribution in [0, 0.1) is 0 Å². The molecule has 1 unspecified atom stereocenters. The van der Waals surface area contributed by atoms with E-state index < -0.39 is 0 Å². The standard InChI is InChI=1S/C11H21N3O/c1-9-8-14(7-6-12-9)11(15)10-4-2-3-5-13-10/h9-10,12-13H,2-8H2,1H3/t9-,10?/m0/s1. The maximum atomic E-state index is 12.1. The molecule has 0 bridgehead atoms. The fourth-order valence-corrected chi connectivity index (χ4v) is 2.42. The van der Waals surface area contributed by atoms with Gasteiger partial charge in [0, 0.05) is 25.7 Å². The molecule has 2 atom stereocenters. The van der Waals surface area contributed by atoms with Crippen molar-refractivity contribution in [3.8, 4) is 0 Å². The summed E-state index contributed by atoms with van der Waals surface area (Å²) < 4.78 is 0. The number of carbonyl (C=O) groups excluding carboxylic acids is 1. The molecule has 2 N–H and O–H groups in total. The van der Waals surface area contributed by atoms with Crippen molar-refractivity contribution in [2.24, 2.45) is 0 Å². The average molecular weight is 211 g/mol. The van der Waals surface area contributed by atoms with Gasteiger partial charge in [-0.15, -0.1) is 0 Å². The van der Waals surface area contributed by atoms with E-state index in [4.69, 9.17) is 0 Å². The van der Waals surface area contributed by atoms with E-state index in [1.807, 2.05) is 4.90 Å². The van der Waals surface area contributed by atoms with Crippen LogP contribution in [-0.4, -0.2) is 49.1 Å². The van der Waals surface area contributed by atoms with E-state index in [1.54, 1.807) is 0 Å². The molecule has 1 amide bonds. The van der Waals surface area contributed by atoms with Gasteiger partial charge in [0.05, 0.1) is 6.04 Å². The molecule has 4 heteroatoms. The van der Waals surface area contributed by atoms with E-state index in [9.17, 15) is 4.79 Å². The molecule has 2 rings (SSSR count). The van der Waals surface area contributed by atoms with Crippen LogP contribution in [0.3, 0.4) is 0 Å². The molecule has 4 nitrogen and oxygen atoms in total. The molecule has 0 spiro atoms. The van der Waals surface area contributed by atoms with Crippen molar-refractivity contribution in [3.05, 3.63) is 0 Å². The fourth-order valence-electron chi connectivity index (χ4n) is 2.42. The first-order valence-corrected chi connectivity index (χ1v) is 6.03. The third-order valence-corrected chi connectivity index (χ3v) is 3.29. The normalized spacial score (nSPS) is 32.7. The Morgan fingerprint density at radius 3 is 2.80 bits per heavy atom. The molecule has 0 radical (unpaired) electrons. The molecule has 2 fully saturated rings. The molecule has 2 saturated heterocycles. The minimum absolute atomic E-state index is 0.0871. The van der Waals surface area contributed by atoms with Gasteiger partial charge in [0.15, 0.2) is 0 Å². The third-order valence-electron chi connectivity index (χ3n) is 3.29. The lowest BCUT2D eigenvalue weighted by molar-refractivity contribution is -0.135. The average Bonchev–Trinajstić information content (AvgIpc) is 2.29. The summed E-state index contributed by atoms with van der Waals surface area (Å²) in [6.45, 7) is 5.78. The number of piperazine rings is 1. The topological polar surface area (TPSA) is 44.4 Å². The summed E-state index contributed by atoms with van der Waals surface area (Å²) in [5.41, 5.74) is 0. The predicted octanol–water partition coefficient (Wildman–Crippen LogP) is -0.0512. The molecule has 0 saturated carbocycles. The van der Waals surface area contributed by atoms with Gasteiger partial charge in [-0.05, 0) is 26.3 Å². The summed E-state index contributed by atoms with van der Waals surface area (Å²) >= 11 is 0. The zero-order valence-corrected chi connectivity index (χ0v) is 9.46. The van der Waals surface area contributed by atoms with E-state index >= 15 is 0 Å². The summed E-state index contributed by atoms with van der Waals surface area (Å²) in [5.74, 6) is 0.308. The van der Waals surface area contributed by atoms with E-state index in [2.05, 4.69) is 17.6 Å². The van der Waals surface area contributed by atoms with Crippen molar-refractivity contribution in [1.29, 1.82) is 0 Å². The Bertz CT molecular complexity index is 226. The van der Waals surface area contributed by atoms with Crippen molar-refractivity contribution in [2.75, 3.05) is 26.2 Å². The van der Waals surface area contributed by atoms with Gasteiger partial charge in [-0.25, -0.2) is 0 Å². The van der Waals surface area contributed by atoms with Crippen LogP contribution in [0.15, 0.2) is 0 Å². The van der Waals surface area contributed by atoms with Crippen LogP contribution >= 0.6 is 0 Å². The third kappa shape index (κ3) is 2.69. The molecule has 0 aromatic heterocycles. The molecule has 2 aliphatic heterocycles. The van der Waals surface area contributed by atoms with Gasteiger partial charge < -0.3 is 15.5 Å². The van der Waals surface area contributed by atoms with E-state index in [0.29, 0.717) is 11.9 Å². The second-order valence-corrected chi connectivity index (χ2v) is 4.64. The van der Waals surface area contributed by atoms with Crippen LogP contribution in [-0.2, 0) is 4.79 Å². The van der Waals surface area contributed by atoms with Crippen molar-refractivity contribution >= 4 is 5.91 Å². The van der Waals surface area contributed by atoms with Crippen molar-refractivity contribution in [3.63, 3.8) is 0 Å². The fraction of sp³-hybridized carbons (Fsp3) is 0.909. The Morgan fingerprint density at radius 1 is 1.27 bits per heavy atom. The minimum atomic E-state index is 0.0871. The van der Waals surface area contributed by atoms with Crippen molar-refractivity contribution < 1.29 is 4.79 Å². The van der Waals surface area contributed by atoms with Crippen molar-refractivity contribution in [1.82, 2.24) is 15.5 Å². The van der Waals surface area contributed by atoms with Crippen LogP contribution in [0.1, 0.15) is 26.2 Å². The summed E-state index contributed by atoms with van der Waals surface area (Å²) in [5, 5.41) is 6.67. The number of hydrogen-bond donors (Lipinski definition) is 2. The lowest BCUT2D eigenvalue weighted by Gasteiger charge is -2.35.